The van der Waals surface area contributed by atoms with E-state index in [1.807, 2.05) is 17.7 Å². The Morgan fingerprint density at radius 1 is 1.30 bits per heavy atom. The molecule has 0 fully saturated rings. The summed E-state index contributed by atoms with van der Waals surface area (Å²) in [5, 5.41) is 4.43. The third-order valence-electron chi connectivity index (χ3n) is 4.02. The maximum absolute atomic E-state index is 6.15. The molecular formula is C16H16N4. The number of nitrogen functional groups attached to an aromatic ring is 1. The van der Waals surface area contributed by atoms with Crippen molar-refractivity contribution in [3.63, 3.8) is 0 Å². The van der Waals surface area contributed by atoms with Crippen LogP contribution in [0.25, 0.3) is 22.2 Å². The lowest BCUT2D eigenvalue weighted by Gasteiger charge is -2.05. The number of anilines is 2. The van der Waals surface area contributed by atoms with Crippen LogP contribution >= 0.6 is 0 Å². The number of nitrogens with zero attached hydrogens (tertiary/aromatic N) is 2. The van der Waals surface area contributed by atoms with Gasteiger partial charge < -0.3 is 15.6 Å². The molecule has 0 spiro atoms. The van der Waals surface area contributed by atoms with Crippen molar-refractivity contribution in [1.82, 2.24) is 9.55 Å². The van der Waals surface area contributed by atoms with Gasteiger partial charge in [-0.2, -0.15) is 0 Å². The lowest BCUT2D eigenvalue weighted by Crippen LogP contribution is -1.91. The van der Waals surface area contributed by atoms with E-state index in [9.17, 15) is 0 Å². The monoisotopic (exact) mass is 264 g/mol. The SMILES string of the molecule is Cn1cc(-c2ccc3c(c2)CCN3)c2c(N)ccnc21. The van der Waals surface area contributed by atoms with Crippen LogP contribution in [-0.4, -0.2) is 16.1 Å². The standard InChI is InChI=1S/C16H16N4/c1-20-9-12(15-13(17)5-7-19-16(15)20)10-2-3-14-11(8-10)4-6-18-14/h2-3,5,7-9,18H,4,6H2,1H3,(H2,17,19). The van der Waals surface area contributed by atoms with Gasteiger partial charge in [-0.15, -0.1) is 0 Å². The second-order valence-corrected chi connectivity index (χ2v) is 5.30. The molecule has 0 saturated heterocycles. The summed E-state index contributed by atoms with van der Waals surface area (Å²) in [7, 11) is 2.01. The molecule has 0 aliphatic carbocycles. The molecule has 4 rings (SSSR count). The number of nitrogens with two attached hydrogens (primary N) is 1. The molecular weight excluding hydrogens is 248 g/mol. The predicted molar refractivity (Wildman–Crippen MR) is 82.8 cm³/mol. The number of aromatic nitrogens is 2. The first-order valence-corrected chi connectivity index (χ1v) is 6.81. The van der Waals surface area contributed by atoms with Gasteiger partial charge in [0.15, 0.2) is 0 Å². The van der Waals surface area contributed by atoms with Gasteiger partial charge in [-0.05, 0) is 35.7 Å². The molecule has 0 radical (unpaired) electrons. The highest BCUT2D eigenvalue weighted by Gasteiger charge is 2.15. The van der Waals surface area contributed by atoms with Gasteiger partial charge in [0, 0.05) is 48.3 Å². The van der Waals surface area contributed by atoms with E-state index < -0.39 is 0 Å². The van der Waals surface area contributed by atoms with E-state index in [0.29, 0.717) is 0 Å². The summed E-state index contributed by atoms with van der Waals surface area (Å²) in [6.45, 7) is 1.03. The van der Waals surface area contributed by atoms with Crippen LogP contribution in [0.2, 0.25) is 0 Å². The van der Waals surface area contributed by atoms with Gasteiger partial charge in [-0.3, -0.25) is 0 Å². The van der Waals surface area contributed by atoms with E-state index in [0.717, 1.165) is 35.2 Å². The number of rotatable bonds is 1. The first kappa shape index (κ1) is 11.3. The summed E-state index contributed by atoms with van der Waals surface area (Å²) in [5.41, 5.74) is 12.9. The molecule has 0 unspecified atom stereocenters. The normalized spacial score (nSPS) is 13.4. The highest BCUT2D eigenvalue weighted by Crippen LogP contribution is 2.35. The van der Waals surface area contributed by atoms with Crippen molar-refractivity contribution in [2.24, 2.45) is 7.05 Å². The quantitative estimate of drug-likeness (QED) is 0.710. The van der Waals surface area contributed by atoms with E-state index in [4.69, 9.17) is 5.73 Å². The number of hydrogen-bond donors (Lipinski definition) is 2. The van der Waals surface area contributed by atoms with E-state index >= 15 is 0 Å². The summed E-state index contributed by atoms with van der Waals surface area (Å²) >= 11 is 0. The molecule has 100 valence electrons. The molecule has 4 nitrogen and oxygen atoms in total. The van der Waals surface area contributed by atoms with Crippen LogP contribution in [0.3, 0.4) is 0 Å². The summed E-state index contributed by atoms with van der Waals surface area (Å²) in [4.78, 5) is 4.43. The average molecular weight is 264 g/mol. The molecule has 3 aromatic rings. The third-order valence-corrected chi connectivity index (χ3v) is 4.02. The Balaban J connectivity index is 1.99. The molecule has 1 aliphatic heterocycles. The largest absolute Gasteiger partial charge is 0.398 e. The van der Waals surface area contributed by atoms with Gasteiger partial charge in [0.25, 0.3) is 0 Å². The first-order chi connectivity index (χ1) is 9.74. The Hall–Kier alpha value is -2.49. The molecule has 0 saturated carbocycles. The number of aryl methyl sites for hydroxylation is 1. The molecule has 0 atom stereocenters. The van der Waals surface area contributed by atoms with Crippen molar-refractivity contribution in [1.29, 1.82) is 0 Å². The van der Waals surface area contributed by atoms with E-state index in [-0.39, 0.29) is 0 Å². The summed E-state index contributed by atoms with van der Waals surface area (Å²) in [5.74, 6) is 0. The van der Waals surface area contributed by atoms with Crippen LogP contribution in [0, 0.1) is 0 Å². The average Bonchev–Trinajstić information content (AvgIpc) is 3.04. The zero-order chi connectivity index (χ0) is 13.7. The van der Waals surface area contributed by atoms with E-state index in [1.54, 1.807) is 6.20 Å². The Kier molecular flexibility index (Phi) is 2.27. The van der Waals surface area contributed by atoms with E-state index in [2.05, 4.69) is 34.7 Å². The second-order valence-electron chi connectivity index (χ2n) is 5.30. The fraction of sp³-hybridized carbons (Fsp3) is 0.188. The summed E-state index contributed by atoms with van der Waals surface area (Å²) in [6, 6.07) is 8.43. The fourth-order valence-corrected chi connectivity index (χ4v) is 3.02. The van der Waals surface area contributed by atoms with Gasteiger partial charge in [0.2, 0.25) is 0 Å². The number of hydrogen-bond acceptors (Lipinski definition) is 3. The van der Waals surface area contributed by atoms with Gasteiger partial charge in [-0.25, -0.2) is 4.98 Å². The lowest BCUT2D eigenvalue weighted by atomic mass is 10.0. The van der Waals surface area contributed by atoms with Gasteiger partial charge in [0.1, 0.15) is 5.65 Å². The Labute approximate surface area is 117 Å². The lowest BCUT2D eigenvalue weighted by molar-refractivity contribution is 0.949. The maximum Gasteiger partial charge on any atom is 0.142 e. The minimum absolute atomic E-state index is 0.782. The third kappa shape index (κ3) is 1.51. The number of fused-ring (bicyclic) bond motifs is 2. The minimum Gasteiger partial charge on any atom is -0.398 e. The zero-order valence-electron chi connectivity index (χ0n) is 11.4. The topological polar surface area (TPSA) is 55.9 Å². The highest BCUT2D eigenvalue weighted by molar-refractivity contribution is 6.02. The molecule has 0 bridgehead atoms. The number of benzene rings is 1. The van der Waals surface area contributed by atoms with Crippen LogP contribution in [0.1, 0.15) is 5.56 Å². The predicted octanol–water partition coefficient (Wildman–Crippen LogP) is 2.79. The molecule has 1 aromatic carbocycles. The summed E-state index contributed by atoms with van der Waals surface area (Å²) in [6.07, 6.45) is 4.95. The molecule has 3 heterocycles. The van der Waals surface area contributed by atoms with Crippen molar-refractivity contribution in [2.75, 3.05) is 17.6 Å². The van der Waals surface area contributed by atoms with Crippen molar-refractivity contribution in [3.05, 3.63) is 42.2 Å². The number of pyridine rings is 1. The van der Waals surface area contributed by atoms with Crippen molar-refractivity contribution >= 4 is 22.4 Å². The van der Waals surface area contributed by atoms with Crippen LogP contribution in [0.5, 0.6) is 0 Å². The minimum atomic E-state index is 0.782. The van der Waals surface area contributed by atoms with Gasteiger partial charge >= 0.3 is 0 Å². The fourth-order valence-electron chi connectivity index (χ4n) is 3.02. The summed E-state index contributed by atoms with van der Waals surface area (Å²) < 4.78 is 2.03. The smallest absolute Gasteiger partial charge is 0.142 e. The Bertz CT molecular complexity index is 817. The Morgan fingerprint density at radius 3 is 3.10 bits per heavy atom. The second kappa shape index (κ2) is 4.00. The maximum atomic E-state index is 6.15. The van der Waals surface area contributed by atoms with Crippen LogP contribution in [0.4, 0.5) is 11.4 Å². The van der Waals surface area contributed by atoms with Crippen LogP contribution in [-0.2, 0) is 13.5 Å². The Morgan fingerprint density at radius 2 is 2.20 bits per heavy atom. The molecule has 4 heteroatoms. The highest BCUT2D eigenvalue weighted by atomic mass is 15.0. The first-order valence-electron chi connectivity index (χ1n) is 6.81. The van der Waals surface area contributed by atoms with Gasteiger partial charge in [0.05, 0.1) is 0 Å². The zero-order valence-corrected chi connectivity index (χ0v) is 11.4. The van der Waals surface area contributed by atoms with Crippen molar-refractivity contribution < 1.29 is 0 Å². The van der Waals surface area contributed by atoms with Crippen molar-refractivity contribution in [3.8, 4) is 11.1 Å². The van der Waals surface area contributed by atoms with E-state index in [1.165, 1.54) is 16.8 Å². The van der Waals surface area contributed by atoms with Crippen molar-refractivity contribution in [2.45, 2.75) is 6.42 Å². The molecule has 3 N–H and O–H groups in total. The number of nitrogens with one attached hydrogen (secondary N) is 1. The molecule has 1 aliphatic rings. The molecule has 2 aromatic heterocycles. The molecule has 0 amide bonds. The van der Waals surface area contributed by atoms with Crippen LogP contribution in [0.15, 0.2) is 36.7 Å². The van der Waals surface area contributed by atoms with Gasteiger partial charge in [-0.1, -0.05) is 6.07 Å². The molecule has 20 heavy (non-hydrogen) atoms. The van der Waals surface area contributed by atoms with Crippen LogP contribution < -0.4 is 11.1 Å².